The summed E-state index contributed by atoms with van der Waals surface area (Å²) in [6.07, 6.45) is 4.12. The Hall–Kier alpha value is -1.53. The molecule has 0 bridgehead atoms. The van der Waals surface area contributed by atoms with E-state index in [0.717, 1.165) is 24.5 Å². The minimum absolute atomic E-state index is 0.0295. The van der Waals surface area contributed by atoms with Crippen molar-refractivity contribution in [3.05, 3.63) is 33.7 Å². The predicted molar refractivity (Wildman–Crippen MR) is 68.2 cm³/mol. The molecule has 0 aliphatic rings. The highest BCUT2D eigenvalue weighted by molar-refractivity contribution is 7.14. The van der Waals surface area contributed by atoms with E-state index in [1.807, 2.05) is 0 Å². The van der Waals surface area contributed by atoms with Crippen molar-refractivity contribution in [2.45, 2.75) is 13.3 Å². The van der Waals surface area contributed by atoms with Gasteiger partial charge in [-0.3, -0.25) is 4.79 Å². The number of aromatic amines is 1. The van der Waals surface area contributed by atoms with Crippen LogP contribution in [0.1, 0.15) is 11.9 Å². The van der Waals surface area contributed by atoms with Crippen LogP contribution in [-0.4, -0.2) is 28.3 Å². The average Bonchev–Trinajstić information content (AvgIpc) is 2.79. The van der Waals surface area contributed by atoms with E-state index >= 15 is 0 Å². The Morgan fingerprint density at radius 3 is 3.12 bits per heavy atom. The molecule has 5 nitrogen and oxygen atoms in total. The van der Waals surface area contributed by atoms with Gasteiger partial charge in [0, 0.05) is 31.4 Å². The van der Waals surface area contributed by atoms with Gasteiger partial charge in [0.1, 0.15) is 5.01 Å². The van der Waals surface area contributed by atoms with Gasteiger partial charge >= 0.3 is 0 Å². The zero-order chi connectivity index (χ0) is 12.1. The van der Waals surface area contributed by atoms with Crippen LogP contribution in [0.3, 0.4) is 0 Å². The number of likely N-dealkylation sites (N-methyl/N-ethyl adjacent to an activating group) is 1. The van der Waals surface area contributed by atoms with Gasteiger partial charge in [-0.15, -0.1) is 10.2 Å². The normalized spacial score (nSPS) is 10.6. The monoisotopic (exact) mass is 250 g/mol. The second kappa shape index (κ2) is 5.70. The van der Waals surface area contributed by atoms with Crippen molar-refractivity contribution in [1.82, 2.24) is 20.5 Å². The summed E-state index contributed by atoms with van der Waals surface area (Å²) in [5, 5.41) is 13.0. The van der Waals surface area contributed by atoms with Gasteiger partial charge in [-0.05, 0) is 6.54 Å². The van der Waals surface area contributed by atoms with Crippen molar-refractivity contribution in [3.63, 3.8) is 0 Å². The molecule has 0 unspecified atom stereocenters. The Morgan fingerprint density at radius 1 is 1.47 bits per heavy atom. The standard InChI is InChI=1S/C11H14N4OS/c1-2-12-6-4-10-14-15-11(17-10)8-7-13-5-3-9(8)16/h3,5,7,12H,2,4,6H2,1H3,(H,13,16). The van der Waals surface area contributed by atoms with Gasteiger partial charge in [0.2, 0.25) is 0 Å². The summed E-state index contributed by atoms with van der Waals surface area (Å²) < 4.78 is 0. The van der Waals surface area contributed by atoms with E-state index in [2.05, 4.69) is 27.4 Å². The van der Waals surface area contributed by atoms with Crippen molar-refractivity contribution in [3.8, 4) is 10.6 Å². The number of hydrogen-bond acceptors (Lipinski definition) is 5. The molecular formula is C11H14N4OS. The third kappa shape index (κ3) is 2.98. The molecule has 0 saturated heterocycles. The smallest absolute Gasteiger partial charge is 0.191 e. The van der Waals surface area contributed by atoms with E-state index in [0.29, 0.717) is 10.6 Å². The molecule has 0 aromatic carbocycles. The summed E-state index contributed by atoms with van der Waals surface area (Å²) in [6, 6.07) is 1.50. The van der Waals surface area contributed by atoms with E-state index in [4.69, 9.17) is 0 Å². The number of nitrogens with one attached hydrogen (secondary N) is 2. The molecule has 6 heteroatoms. The van der Waals surface area contributed by atoms with Crippen molar-refractivity contribution < 1.29 is 0 Å². The molecule has 2 heterocycles. The summed E-state index contributed by atoms with van der Waals surface area (Å²) in [7, 11) is 0. The van der Waals surface area contributed by atoms with Gasteiger partial charge in [0.05, 0.1) is 5.56 Å². The minimum Gasteiger partial charge on any atom is -0.367 e. The van der Waals surface area contributed by atoms with Crippen LogP contribution in [0, 0.1) is 0 Å². The van der Waals surface area contributed by atoms with Gasteiger partial charge in [0.15, 0.2) is 10.4 Å². The number of hydrogen-bond donors (Lipinski definition) is 2. The summed E-state index contributed by atoms with van der Waals surface area (Å²) in [6.45, 7) is 3.90. The average molecular weight is 250 g/mol. The Kier molecular flexibility index (Phi) is 4.00. The van der Waals surface area contributed by atoms with Crippen molar-refractivity contribution in [1.29, 1.82) is 0 Å². The van der Waals surface area contributed by atoms with E-state index in [1.54, 1.807) is 12.4 Å². The first kappa shape index (κ1) is 11.9. The molecule has 0 atom stereocenters. The van der Waals surface area contributed by atoms with Gasteiger partial charge in [0.25, 0.3) is 0 Å². The maximum atomic E-state index is 11.6. The lowest BCUT2D eigenvalue weighted by Crippen LogP contribution is -2.15. The number of rotatable bonds is 5. The second-order valence-electron chi connectivity index (χ2n) is 3.53. The molecule has 2 rings (SSSR count). The summed E-state index contributed by atoms with van der Waals surface area (Å²) >= 11 is 1.47. The fourth-order valence-corrected chi connectivity index (χ4v) is 2.28. The summed E-state index contributed by atoms with van der Waals surface area (Å²) in [5.41, 5.74) is 0.554. The molecule has 90 valence electrons. The second-order valence-corrected chi connectivity index (χ2v) is 4.59. The van der Waals surface area contributed by atoms with Crippen LogP contribution in [-0.2, 0) is 6.42 Å². The Morgan fingerprint density at radius 2 is 2.35 bits per heavy atom. The number of pyridine rings is 1. The SMILES string of the molecule is CCNCCc1nnc(-c2c[nH]ccc2=O)s1. The number of aromatic nitrogens is 3. The van der Waals surface area contributed by atoms with Gasteiger partial charge in [-0.2, -0.15) is 0 Å². The molecule has 0 saturated carbocycles. The third-order valence-corrected chi connectivity index (χ3v) is 3.30. The summed E-state index contributed by atoms with van der Waals surface area (Å²) in [4.78, 5) is 14.5. The fourth-order valence-electron chi connectivity index (χ4n) is 1.42. The Balaban J connectivity index is 2.13. The lowest BCUT2D eigenvalue weighted by molar-refractivity contribution is 0.710. The molecule has 0 aliphatic heterocycles. The lowest BCUT2D eigenvalue weighted by Gasteiger charge is -1.96. The van der Waals surface area contributed by atoms with E-state index < -0.39 is 0 Å². The molecule has 0 amide bonds. The molecule has 0 aliphatic carbocycles. The quantitative estimate of drug-likeness (QED) is 0.778. The van der Waals surface area contributed by atoms with Crippen LogP contribution < -0.4 is 10.7 Å². The predicted octanol–water partition coefficient (Wildman–Crippen LogP) is 1.05. The highest BCUT2D eigenvalue weighted by Gasteiger charge is 2.08. The van der Waals surface area contributed by atoms with E-state index in [-0.39, 0.29) is 5.43 Å². The van der Waals surface area contributed by atoms with Crippen LogP contribution in [0.2, 0.25) is 0 Å². The zero-order valence-electron chi connectivity index (χ0n) is 9.56. The van der Waals surface area contributed by atoms with Crippen molar-refractivity contribution >= 4 is 11.3 Å². The Labute approximate surface area is 103 Å². The van der Waals surface area contributed by atoms with E-state index in [1.165, 1.54) is 17.4 Å². The number of nitrogens with zero attached hydrogens (tertiary/aromatic N) is 2. The first-order chi connectivity index (χ1) is 8.31. The maximum Gasteiger partial charge on any atom is 0.191 e. The van der Waals surface area contributed by atoms with Crippen LogP contribution in [0.15, 0.2) is 23.3 Å². The van der Waals surface area contributed by atoms with E-state index in [9.17, 15) is 4.79 Å². The maximum absolute atomic E-state index is 11.6. The van der Waals surface area contributed by atoms with Crippen LogP contribution in [0.5, 0.6) is 0 Å². The Bertz CT molecular complexity index is 534. The lowest BCUT2D eigenvalue weighted by atomic mass is 10.3. The van der Waals surface area contributed by atoms with Gasteiger partial charge in [-0.25, -0.2) is 0 Å². The minimum atomic E-state index is -0.0295. The van der Waals surface area contributed by atoms with Crippen LogP contribution in [0.25, 0.3) is 10.6 Å². The fraction of sp³-hybridized carbons (Fsp3) is 0.364. The third-order valence-electron chi connectivity index (χ3n) is 2.29. The highest BCUT2D eigenvalue weighted by atomic mass is 32.1. The first-order valence-corrected chi connectivity index (χ1v) is 6.33. The van der Waals surface area contributed by atoms with Crippen molar-refractivity contribution in [2.24, 2.45) is 0 Å². The molecule has 2 aromatic rings. The van der Waals surface area contributed by atoms with Gasteiger partial charge < -0.3 is 10.3 Å². The molecule has 0 spiro atoms. The molecule has 0 radical (unpaired) electrons. The van der Waals surface area contributed by atoms with Crippen LogP contribution in [0.4, 0.5) is 0 Å². The van der Waals surface area contributed by atoms with Crippen molar-refractivity contribution in [2.75, 3.05) is 13.1 Å². The molecule has 2 N–H and O–H groups in total. The largest absolute Gasteiger partial charge is 0.367 e. The zero-order valence-corrected chi connectivity index (χ0v) is 10.4. The van der Waals surface area contributed by atoms with Gasteiger partial charge in [-0.1, -0.05) is 18.3 Å². The molecule has 2 aromatic heterocycles. The number of H-pyrrole nitrogens is 1. The molecule has 0 fully saturated rings. The topological polar surface area (TPSA) is 70.7 Å². The molecule has 17 heavy (non-hydrogen) atoms. The first-order valence-electron chi connectivity index (χ1n) is 5.52. The van der Waals surface area contributed by atoms with Crippen LogP contribution >= 0.6 is 11.3 Å². The highest BCUT2D eigenvalue weighted by Crippen LogP contribution is 2.19. The summed E-state index contributed by atoms with van der Waals surface area (Å²) in [5.74, 6) is 0. The molecular weight excluding hydrogens is 236 g/mol.